The Morgan fingerprint density at radius 2 is 1.86 bits per heavy atom. The monoisotopic (exact) mass is 503 g/mol. The molecule has 0 spiro atoms. The number of carbonyl (C=O) groups is 1. The summed E-state index contributed by atoms with van der Waals surface area (Å²) in [4.78, 5) is 31.9. The molecule has 2 aliphatic rings. The van der Waals surface area contributed by atoms with Gasteiger partial charge in [0.2, 0.25) is 16.0 Å². The van der Waals surface area contributed by atoms with E-state index < -0.39 is 21.5 Å². The molecule has 35 heavy (non-hydrogen) atoms. The zero-order valence-electron chi connectivity index (χ0n) is 19.8. The molecule has 1 aromatic carbocycles. The first kappa shape index (κ1) is 25.1. The fourth-order valence-electron chi connectivity index (χ4n) is 4.77. The van der Waals surface area contributed by atoms with Gasteiger partial charge in [0.05, 0.1) is 4.90 Å². The van der Waals surface area contributed by atoms with Crippen molar-refractivity contribution in [3.8, 4) is 0 Å². The number of aryl methyl sites for hydroxylation is 1. The SMILES string of the molecule is Cc1cc(Nc2nc(N[C@H]3CCCC[C@@H]3N)[nH]c(=O)c2C(N)=O)ccc1S(=O)(=O)N1CCCCC1. The van der Waals surface area contributed by atoms with E-state index in [0.717, 1.165) is 44.9 Å². The minimum absolute atomic E-state index is 0.0147. The maximum atomic E-state index is 13.1. The molecule has 0 bridgehead atoms. The molecule has 1 aliphatic carbocycles. The van der Waals surface area contributed by atoms with Crippen molar-refractivity contribution >= 4 is 33.4 Å². The van der Waals surface area contributed by atoms with Crippen LogP contribution in [0.5, 0.6) is 0 Å². The van der Waals surface area contributed by atoms with Gasteiger partial charge >= 0.3 is 0 Å². The Balaban J connectivity index is 1.62. The number of piperidine rings is 1. The summed E-state index contributed by atoms with van der Waals surface area (Å²) in [5.41, 5.74) is 11.7. The van der Waals surface area contributed by atoms with E-state index in [4.69, 9.17) is 11.5 Å². The minimum atomic E-state index is -3.60. The van der Waals surface area contributed by atoms with Gasteiger partial charge in [-0.1, -0.05) is 19.3 Å². The van der Waals surface area contributed by atoms with Crippen LogP contribution in [0.1, 0.15) is 60.9 Å². The molecule has 0 unspecified atom stereocenters. The maximum Gasteiger partial charge on any atom is 0.267 e. The first-order valence-electron chi connectivity index (χ1n) is 12.0. The highest BCUT2D eigenvalue weighted by atomic mass is 32.2. The van der Waals surface area contributed by atoms with Crippen LogP contribution in [0.15, 0.2) is 27.9 Å². The lowest BCUT2D eigenvalue weighted by molar-refractivity contribution is 0.0999. The second kappa shape index (κ2) is 10.3. The van der Waals surface area contributed by atoms with Gasteiger partial charge < -0.3 is 22.1 Å². The molecule has 2 heterocycles. The van der Waals surface area contributed by atoms with E-state index in [0.29, 0.717) is 24.3 Å². The average molecular weight is 504 g/mol. The lowest BCUT2D eigenvalue weighted by Crippen LogP contribution is -2.43. The van der Waals surface area contributed by atoms with E-state index in [2.05, 4.69) is 20.6 Å². The molecule has 7 N–H and O–H groups in total. The number of H-pyrrole nitrogens is 1. The van der Waals surface area contributed by atoms with E-state index in [1.807, 2.05) is 0 Å². The Labute approximate surface area is 204 Å². The van der Waals surface area contributed by atoms with Gasteiger partial charge in [0.25, 0.3) is 11.5 Å². The van der Waals surface area contributed by atoms with Crippen molar-refractivity contribution in [2.24, 2.45) is 11.5 Å². The molecule has 1 aromatic heterocycles. The smallest absolute Gasteiger partial charge is 0.267 e. The van der Waals surface area contributed by atoms with Crippen molar-refractivity contribution in [1.29, 1.82) is 0 Å². The zero-order valence-corrected chi connectivity index (χ0v) is 20.7. The van der Waals surface area contributed by atoms with E-state index in [9.17, 15) is 18.0 Å². The van der Waals surface area contributed by atoms with Gasteiger partial charge in [0, 0.05) is 30.9 Å². The van der Waals surface area contributed by atoms with Crippen molar-refractivity contribution in [3.63, 3.8) is 0 Å². The number of aromatic amines is 1. The molecule has 190 valence electrons. The summed E-state index contributed by atoms with van der Waals surface area (Å²) in [6, 6.07) is 4.63. The summed E-state index contributed by atoms with van der Waals surface area (Å²) in [6.45, 7) is 2.74. The first-order chi connectivity index (χ1) is 16.7. The van der Waals surface area contributed by atoms with Crippen LogP contribution in [0.3, 0.4) is 0 Å². The van der Waals surface area contributed by atoms with Gasteiger partial charge in [-0.2, -0.15) is 9.29 Å². The molecule has 0 radical (unpaired) electrons. The van der Waals surface area contributed by atoms with Crippen molar-refractivity contribution in [1.82, 2.24) is 14.3 Å². The predicted molar refractivity (Wildman–Crippen MR) is 134 cm³/mol. The van der Waals surface area contributed by atoms with Gasteiger partial charge in [-0.15, -0.1) is 0 Å². The summed E-state index contributed by atoms with van der Waals surface area (Å²) < 4.78 is 27.7. The van der Waals surface area contributed by atoms with E-state index in [1.54, 1.807) is 19.1 Å². The number of rotatable bonds is 7. The van der Waals surface area contributed by atoms with Gasteiger partial charge in [0.1, 0.15) is 5.56 Å². The summed E-state index contributed by atoms with van der Waals surface area (Å²) in [5.74, 6) is -0.756. The number of sulfonamides is 1. The number of primary amides is 1. The maximum absolute atomic E-state index is 13.1. The molecule has 12 heteroatoms. The fraction of sp³-hybridized carbons (Fsp3) is 0.522. The number of hydrogen-bond donors (Lipinski definition) is 5. The average Bonchev–Trinajstić information content (AvgIpc) is 2.80. The van der Waals surface area contributed by atoms with Gasteiger partial charge in [-0.3, -0.25) is 14.6 Å². The molecule has 1 aliphatic heterocycles. The predicted octanol–water partition coefficient (Wildman–Crippen LogP) is 1.78. The van der Waals surface area contributed by atoms with Gasteiger partial charge in [-0.25, -0.2) is 8.42 Å². The molecular weight excluding hydrogens is 470 g/mol. The standard InChI is InChI=1S/C23H33N7O4S/c1-14-13-15(9-10-18(14)35(33,34)30-11-5-2-6-12-30)26-21-19(20(25)31)22(32)29-23(28-21)27-17-8-4-3-7-16(17)24/h9-10,13,16-17H,2-8,11-12,24H2,1H3,(H2,25,31)(H3,26,27,28,29,32)/t16-,17-/m0/s1. The molecule has 1 saturated carbocycles. The van der Waals surface area contributed by atoms with Crippen LogP contribution in [0.25, 0.3) is 0 Å². The van der Waals surface area contributed by atoms with Gasteiger partial charge in [0.15, 0.2) is 5.82 Å². The summed E-state index contributed by atoms with van der Waals surface area (Å²) >= 11 is 0. The number of nitrogens with one attached hydrogen (secondary N) is 3. The van der Waals surface area contributed by atoms with Crippen molar-refractivity contribution < 1.29 is 13.2 Å². The molecule has 1 amide bonds. The summed E-state index contributed by atoms with van der Waals surface area (Å²) in [5, 5.41) is 6.14. The highest BCUT2D eigenvalue weighted by molar-refractivity contribution is 7.89. The van der Waals surface area contributed by atoms with Crippen molar-refractivity contribution in [2.75, 3.05) is 23.7 Å². The lowest BCUT2D eigenvalue weighted by atomic mass is 9.91. The highest BCUT2D eigenvalue weighted by Crippen LogP contribution is 2.27. The molecule has 1 saturated heterocycles. The number of amides is 1. The van der Waals surface area contributed by atoms with Crippen LogP contribution in [0.2, 0.25) is 0 Å². The fourth-order valence-corrected chi connectivity index (χ4v) is 6.50. The Morgan fingerprint density at radius 3 is 2.51 bits per heavy atom. The molecule has 4 rings (SSSR count). The van der Waals surface area contributed by atoms with E-state index in [1.165, 1.54) is 10.4 Å². The number of nitrogens with zero attached hydrogens (tertiary/aromatic N) is 2. The van der Waals surface area contributed by atoms with Crippen LogP contribution < -0.4 is 27.7 Å². The van der Waals surface area contributed by atoms with Gasteiger partial charge in [-0.05, 0) is 56.4 Å². The second-order valence-electron chi connectivity index (χ2n) is 9.27. The topological polar surface area (TPSA) is 176 Å². The van der Waals surface area contributed by atoms with Crippen molar-refractivity contribution in [3.05, 3.63) is 39.7 Å². The molecule has 11 nitrogen and oxygen atoms in total. The van der Waals surface area contributed by atoms with Crippen LogP contribution in [0, 0.1) is 6.92 Å². The first-order valence-corrected chi connectivity index (χ1v) is 13.4. The number of anilines is 3. The minimum Gasteiger partial charge on any atom is -0.365 e. The molecular formula is C23H33N7O4S. The zero-order chi connectivity index (χ0) is 25.2. The highest BCUT2D eigenvalue weighted by Gasteiger charge is 2.28. The molecule has 2 atom stereocenters. The third-order valence-corrected chi connectivity index (χ3v) is 8.74. The number of carbonyl (C=O) groups excluding carboxylic acids is 1. The largest absolute Gasteiger partial charge is 0.365 e. The summed E-state index contributed by atoms with van der Waals surface area (Å²) in [7, 11) is -3.60. The number of hydrogen-bond acceptors (Lipinski definition) is 8. The lowest BCUT2D eigenvalue weighted by Gasteiger charge is -2.29. The van der Waals surface area contributed by atoms with E-state index >= 15 is 0 Å². The third kappa shape index (κ3) is 5.49. The number of benzene rings is 1. The normalized spacial score (nSPS) is 21.4. The van der Waals surface area contributed by atoms with Crippen LogP contribution in [-0.2, 0) is 10.0 Å². The van der Waals surface area contributed by atoms with Crippen molar-refractivity contribution in [2.45, 2.75) is 68.8 Å². The van der Waals surface area contributed by atoms with Crippen LogP contribution in [0.4, 0.5) is 17.5 Å². The molecule has 2 aromatic rings. The Hall–Kier alpha value is -2.96. The Kier molecular flexibility index (Phi) is 7.43. The second-order valence-corrected chi connectivity index (χ2v) is 11.2. The molecule has 2 fully saturated rings. The Bertz CT molecular complexity index is 1260. The number of aromatic nitrogens is 2. The summed E-state index contributed by atoms with van der Waals surface area (Å²) in [6.07, 6.45) is 6.53. The number of nitrogens with two attached hydrogens (primary N) is 2. The van der Waals surface area contributed by atoms with E-state index in [-0.39, 0.29) is 34.3 Å². The third-order valence-electron chi connectivity index (χ3n) is 6.68. The quantitative estimate of drug-likeness (QED) is 0.380. The van der Waals surface area contributed by atoms with Crippen LogP contribution >= 0.6 is 0 Å². The Morgan fingerprint density at radius 1 is 1.14 bits per heavy atom. The van der Waals surface area contributed by atoms with Crippen LogP contribution in [-0.4, -0.2) is 53.8 Å².